The summed E-state index contributed by atoms with van der Waals surface area (Å²) in [4.78, 5) is 22.4. The molecule has 1 rings (SSSR count). The molecule has 15 heavy (non-hydrogen) atoms. The van der Waals surface area contributed by atoms with Gasteiger partial charge in [-0.2, -0.15) is 0 Å². The molecule has 0 fully saturated rings. The molecule has 0 aromatic heterocycles. The predicted octanol–water partition coefficient (Wildman–Crippen LogP) is -0.379. The molecule has 2 atom stereocenters. The maximum absolute atomic E-state index is 11.6. The number of nitrogens with one attached hydrogen (secondary N) is 1. The quantitative estimate of drug-likeness (QED) is 0.640. The first-order valence-corrected chi connectivity index (χ1v) is 4.91. The van der Waals surface area contributed by atoms with Crippen LogP contribution < -0.4 is 10.4 Å². The van der Waals surface area contributed by atoms with Crippen molar-refractivity contribution in [3.8, 4) is 0 Å². The van der Waals surface area contributed by atoms with Gasteiger partial charge in [0.1, 0.15) is 0 Å². The van der Waals surface area contributed by atoms with Gasteiger partial charge in [0, 0.05) is 24.3 Å². The van der Waals surface area contributed by atoms with Crippen molar-refractivity contribution in [2.24, 2.45) is 11.8 Å². The van der Waals surface area contributed by atoms with Crippen molar-refractivity contribution in [3.63, 3.8) is 0 Å². The molecule has 82 valence electrons. The summed E-state index contributed by atoms with van der Waals surface area (Å²) in [5.74, 6) is -2.62. The molecular weight excluding hydrogens is 194 g/mol. The smallest absolute Gasteiger partial charge is 0.224 e. The first-order chi connectivity index (χ1) is 7.16. The Morgan fingerprint density at radius 3 is 2.53 bits per heavy atom. The monoisotopic (exact) mass is 208 g/mol. The Morgan fingerprint density at radius 1 is 1.40 bits per heavy atom. The lowest BCUT2D eigenvalue weighted by molar-refractivity contribution is -0.313. The molecule has 0 unspecified atom stereocenters. The Labute approximate surface area is 88.7 Å². The number of allylic oxidation sites excluding steroid dienone is 2. The second-order valence-corrected chi connectivity index (χ2v) is 3.51. The lowest BCUT2D eigenvalue weighted by Gasteiger charge is -2.27. The first kappa shape index (κ1) is 11.5. The van der Waals surface area contributed by atoms with Gasteiger partial charge in [-0.25, -0.2) is 0 Å². The fraction of sp³-hybridized carbons (Fsp3) is 0.455. The average Bonchev–Trinajstić information content (AvgIpc) is 2.25. The van der Waals surface area contributed by atoms with Crippen molar-refractivity contribution in [1.82, 2.24) is 5.32 Å². The van der Waals surface area contributed by atoms with E-state index in [1.807, 2.05) is 6.08 Å². The first-order valence-electron chi connectivity index (χ1n) is 4.91. The van der Waals surface area contributed by atoms with E-state index in [4.69, 9.17) is 0 Å². The zero-order valence-electron chi connectivity index (χ0n) is 8.44. The summed E-state index contributed by atoms with van der Waals surface area (Å²) in [7, 11) is 0. The number of carbonyl (C=O) groups is 2. The minimum atomic E-state index is -1.15. The van der Waals surface area contributed by atoms with Crippen LogP contribution in [0.1, 0.15) is 12.8 Å². The van der Waals surface area contributed by atoms with E-state index >= 15 is 0 Å². The molecule has 0 aliphatic heterocycles. The van der Waals surface area contributed by atoms with Crippen molar-refractivity contribution in [1.29, 1.82) is 0 Å². The van der Waals surface area contributed by atoms with Gasteiger partial charge in [0.25, 0.3) is 0 Å². The SMILES string of the molecule is C=CCNC(=O)[C@@H]1CC=CC[C@@H]1C(=O)[O-]. The maximum Gasteiger partial charge on any atom is 0.224 e. The van der Waals surface area contributed by atoms with Crippen LogP contribution in [0, 0.1) is 11.8 Å². The molecule has 0 radical (unpaired) electrons. The number of carboxylic acids is 1. The lowest BCUT2D eigenvalue weighted by Crippen LogP contribution is -2.43. The molecule has 1 amide bonds. The van der Waals surface area contributed by atoms with Crippen molar-refractivity contribution < 1.29 is 14.7 Å². The van der Waals surface area contributed by atoms with E-state index in [0.29, 0.717) is 19.4 Å². The van der Waals surface area contributed by atoms with Crippen LogP contribution in [-0.4, -0.2) is 18.4 Å². The Kier molecular flexibility index (Phi) is 4.09. The lowest BCUT2D eigenvalue weighted by atomic mass is 9.82. The number of carboxylic acid groups (broad SMARTS) is 1. The van der Waals surface area contributed by atoms with Crippen molar-refractivity contribution in [2.75, 3.05) is 6.54 Å². The fourth-order valence-corrected chi connectivity index (χ4v) is 1.67. The Morgan fingerprint density at radius 2 is 2.00 bits per heavy atom. The minimum absolute atomic E-state index is 0.242. The number of amides is 1. The third kappa shape index (κ3) is 2.94. The van der Waals surface area contributed by atoms with E-state index in [2.05, 4.69) is 11.9 Å². The standard InChI is InChI=1S/C11H15NO3/c1-2-7-12-10(13)8-5-3-4-6-9(8)11(14)15/h2-4,8-9H,1,5-7H2,(H,12,13)(H,14,15)/p-1/t8-,9+/m1/s1. The molecule has 0 saturated carbocycles. The largest absolute Gasteiger partial charge is 0.550 e. The summed E-state index contributed by atoms with van der Waals surface area (Å²) in [5, 5.41) is 13.4. The highest BCUT2D eigenvalue weighted by atomic mass is 16.4. The number of rotatable bonds is 4. The van der Waals surface area contributed by atoms with Gasteiger partial charge in [-0.1, -0.05) is 18.2 Å². The van der Waals surface area contributed by atoms with Crippen molar-refractivity contribution in [3.05, 3.63) is 24.8 Å². The van der Waals surface area contributed by atoms with Gasteiger partial charge in [-0.05, 0) is 12.8 Å². The Hall–Kier alpha value is -1.58. The van der Waals surface area contributed by atoms with Gasteiger partial charge in [0.2, 0.25) is 5.91 Å². The van der Waals surface area contributed by atoms with Gasteiger partial charge in [-0.3, -0.25) is 4.79 Å². The summed E-state index contributed by atoms with van der Waals surface area (Å²) < 4.78 is 0. The molecule has 1 aliphatic rings. The molecule has 1 aliphatic carbocycles. The number of hydrogen-bond acceptors (Lipinski definition) is 3. The number of hydrogen-bond donors (Lipinski definition) is 1. The highest BCUT2D eigenvalue weighted by Crippen LogP contribution is 2.25. The molecule has 1 N–H and O–H groups in total. The van der Waals surface area contributed by atoms with E-state index < -0.39 is 17.8 Å². The molecule has 0 heterocycles. The Balaban J connectivity index is 2.64. The van der Waals surface area contributed by atoms with Gasteiger partial charge in [-0.15, -0.1) is 6.58 Å². The molecule has 0 bridgehead atoms. The van der Waals surface area contributed by atoms with Crippen LogP contribution in [0.15, 0.2) is 24.8 Å². The second kappa shape index (κ2) is 5.34. The van der Waals surface area contributed by atoms with E-state index in [0.717, 1.165) is 0 Å². The number of aliphatic carboxylic acids is 1. The fourth-order valence-electron chi connectivity index (χ4n) is 1.67. The summed E-state index contributed by atoms with van der Waals surface area (Å²) in [5.41, 5.74) is 0. The van der Waals surface area contributed by atoms with Gasteiger partial charge in [0.05, 0.1) is 0 Å². The van der Waals surface area contributed by atoms with E-state index in [1.165, 1.54) is 0 Å². The van der Waals surface area contributed by atoms with Crippen LogP contribution in [0.25, 0.3) is 0 Å². The maximum atomic E-state index is 11.6. The molecule has 4 nitrogen and oxygen atoms in total. The van der Waals surface area contributed by atoms with E-state index in [9.17, 15) is 14.7 Å². The molecule has 0 spiro atoms. The van der Waals surface area contributed by atoms with E-state index in [-0.39, 0.29) is 5.91 Å². The van der Waals surface area contributed by atoms with Crippen LogP contribution in [0.5, 0.6) is 0 Å². The normalized spacial score (nSPS) is 24.5. The third-order valence-electron chi connectivity index (χ3n) is 2.49. The van der Waals surface area contributed by atoms with Crippen molar-refractivity contribution in [2.45, 2.75) is 12.8 Å². The molecular formula is C11H14NO3-. The van der Waals surface area contributed by atoms with Gasteiger partial charge in [0.15, 0.2) is 0 Å². The summed E-state index contributed by atoms with van der Waals surface area (Å²) in [6.45, 7) is 3.83. The molecule has 0 aromatic rings. The van der Waals surface area contributed by atoms with Crippen LogP contribution in [-0.2, 0) is 9.59 Å². The average molecular weight is 208 g/mol. The van der Waals surface area contributed by atoms with Gasteiger partial charge >= 0.3 is 0 Å². The zero-order valence-corrected chi connectivity index (χ0v) is 8.44. The minimum Gasteiger partial charge on any atom is -0.550 e. The second-order valence-electron chi connectivity index (χ2n) is 3.51. The van der Waals surface area contributed by atoms with Crippen LogP contribution in [0.3, 0.4) is 0 Å². The van der Waals surface area contributed by atoms with E-state index in [1.54, 1.807) is 12.2 Å². The van der Waals surface area contributed by atoms with Gasteiger partial charge < -0.3 is 15.2 Å². The molecule has 4 heteroatoms. The summed E-state index contributed by atoms with van der Waals surface area (Å²) in [6.07, 6.45) is 6.00. The topological polar surface area (TPSA) is 69.2 Å². The Bertz CT molecular complexity index is 296. The summed E-state index contributed by atoms with van der Waals surface area (Å²) >= 11 is 0. The number of carbonyl (C=O) groups excluding carboxylic acids is 2. The molecule has 0 saturated heterocycles. The zero-order chi connectivity index (χ0) is 11.3. The highest BCUT2D eigenvalue weighted by molar-refractivity contribution is 5.84. The predicted molar refractivity (Wildman–Crippen MR) is 53.6 cm³/mol. The highest BCUT2D eigenvalue weighted by Gasteiger charge is 2.29. The van der Waals surface area contributed by atoms with Crippen LogP contribution in [0.4, 0.5) is 0 Å². The van der Waals surface area contributed by atoms with Crippen LogP contribution >= 0.6 is 0 Å². The molecule has 0 aromatic carbocycles. The third-order valence-corrected chi connectivity index (χ3v) is 2.49. The van der Waals surface area contributed by atoms with Crippen molar-refractivity contribution >= 4 is 11.9 Å². The van der Waals surface area contributed by atoms with Crippen LogP contribution in [0.2, 0.25) is 0 Å². The summed E-state index contributed by atoms with van der Waals surface area (Å²) in [6, 6.07) is 0.